The summed E-state index contributed by atoms with van der Waals surface area (Å²) in [6.07, 6.45) is 0. The molecule has 0 saturated carbocycles. The molecule has 0 saturated heterocycles. The maximum Gasteiger partial charge on any atom is 0.225 e. The molecule has 0 rings (SSSR count). The van der Waals surface area contributed by atoms with Gasteiger partial charge in [-0.1, -0.05) is 49.3 Å². The van der Waals surface area contributed by atoms with Gasteiger partial charge in [-0.25, -0.2) is 0 Å². The molecule has 0 aromatic carbocycles. The van der Waals surface area contributed by atoms with Crippen molar-refractivity contribution in [3.63, 3.8) is 0 Å². The zero-order valence-electron chi connectivity index (χ0n) is 10.7. The van der Waals surface area contributed by atoms with E-state index >= 15 is 0 Å². The maximum absolute atomic E-state index is 11.8. The van der Waals surface area contributed by atoms with Gasteiger partial charge in [0, 0.05) is 30.0 Å². The molecule has 0 fully saturated rings. The second kappa shape index (κ2) is 8.25. The molecule has 0 aromatic rings. The average Bonchev–Trinajstić information content (AvgIpc) is 2.22. The van der Waals surface area contributed by atoms with Crippen molar-refractivity contribution in [2.45, 2.75) is 27.7 Å². The number of hydrogen-bond acceptors (Lipinski definition) is 4. The Morgan fingerprint density at radius 3 is 2.38 bits per heavy atom. The van der Waals surface area contributed by atoms with Crippen LogP contribution in [0.5, 0.6) is 0 Å². The van der Waals surface area contributed by atoms with Crippen LogP contribution >= 0.6 is 21.6 Å². The van der Waals surface area contributed by atoms with Crippen LogP contribution in [0.25, 0.3) is 0 Å². The highest BCUT2D eigenvalue weighted by Crippen LogP contribution is 2.26. The van der Waals surface area contributed by atoms with Crippen LogP contribution in [0.4, 0.5) is 0 Å². The first-order chi connectivity index (χ1) is 7.42. The third-order valence-corrected chi connectivity index (χ3v) is 5.22. The van der Waals surface area contributed by atoms with Gasteiger partial charge >= 0.3 is 0 Å². The van der Waals surface area contributed by atoms with Crippen LogP contribution in [0.2, 0.25) is 0 Å². The van der Waals surface area contributed by atoms with Gasteiger partial charge in [-0.2, -0.15) is 0 Å². The van der Waals surface area contributed by atoms with E-state index in [2.05, 4.69) is 19.2 Å². The summed E-state index contributed by atoms with van der Waals surface area (Å²) in [5.41, 5.74) is 5.10. The highest BCUT2D eigenvalue weighted by Gasteiger charge is 2.30. The molecule has 1 amide bonds. The predicted octanol–water partition coefficient (Wildman–Crippen LogP) is 2.12. The summed E-state index contributed by atoms with van der Waals surface area (Å²) in [6, 6.07) is 0. The number of carbonyl (C=O) groups is 1. The number of hydrogen-bond donors (Lipinski definition) is 2. The Hall–Kier alpha value is 0.130. The lowest BCUT2D eigenvalue weighted by Crippen LogP contribution is -2.41. The Morgan fingerprint density at radius 2 is 1.88 bits per heavy atom. The average molecular weight is 264 g/mol. The fourth-order valence-corrected chi connectivity index (χ4v) is 2.63. The highest BCUT2D eigenvalue weighted by molar-refractivity contribution is 8.76. The second-order valence-electron chi connectivity index (χ2n) is 4.56. The Kier molecular flexibility index (Phi) is 8.32. The SMILES string of the molecule is CC(C)C(C)(C)C(=O)NCCSSCCN. The van der Waals surface area contributed by atoms with E-state index in [0.717, 1.165) is 18.1 Å². The number of carbonyl (C=O) groups excluding carboxylic acids is 1. The summed E-state index contributed by atoms with van der Waals surface area (Å²) in [6.45, 7) is 9.57. The minimum absolute atomic E-state index is 0.145. The van der Waals surface area contributed by atoms with Gasteiger partial charge in [-0.05, 0) is 5.92 Å². The summed E-state index contributed by atoms with van der Waals surface area (Å²) in [5.74, 6) is 2.40. The van der Waals surface area contributed by atoms with Gasteiger partial charge in [-0.15, -0.1) is 0 Å². The van der Waals surface area contributed by atoms with E-state index in [4.69, 9.17) is 5.73 Å². The van der Waals surface area contributed by atoms with Crippen LogP contribution in [0.15, 0.2) is 0 Å². The van der Waals surface area contributed by atoms with Gasteiger partial charge in [0.05, 0.1) is 0 Å². The molecule has 0 spiro atoms. The minimum atomic E-state index is -0.283. The van der Waals surface area contributed by atoms with Crippen molar-refractivity contribution in [1.29, 1.82) is 0 Å². The van der Waals surface area contributed by atoms with Gasteiger partial charge in [-0.3, -0.25) is 4.79 Å². The van der Waals surface area contributed by atoms with E-state index < -0.39 is 0 Å². The van der Waals surface area contributed by atoms with E-state index in [1.54, 1.807) is 21.6 Å². The van der Waals surface area contributed by atoms with Crippen LogP contribution in [-0.4, -0.2) is 30.5 Å². The molecule has 0 aliphatic heterocycles. The normalized spacial score (nSPS) is 11.9. The number of nitrogens with one attached hydrogen (secondary N) is 1. The number of rotatable bonds is 8. The summed E-state index contributed by atoms with van der Waals surface area (Å²) in [4.78, 5) is 11.8. The van der Waals surface area contributed by atoms with Crippen LogP contribution in [0.1, 0.15) is 27.7 Å². The van der Waals surface area contributed by atoms with Crippen molar-refractivity contribution in [3.05, 3.63) is 0 Å². The summed E-state index contributed by atoms with van der Waals surface area (Å²) in [5, 5.41) is 2.98. The van der Waals surface area contributed by atoms with Gasteiger partial charge in [0.25, 0.3) is 0 Å². The third kappa shape index (κ3) is 6.01. The van der Waals surface area contributed by atoms with Gasteiger partial charge in [0.2, 0.25) is 5.91 Å². The fourth-order valence-electron chi connectivity index (χ4n) is 0.862. The molecule has 3 nitrogen and oxygen atoms in total. The predicted molar refractivity (Wildman–Crippen MR) is 75.6 cm³/mol. The van der Waals surface area contributed by atoms with Crippen molar-refractivity contribution >= 4 is 27.5 Å². The molecule has 0 heterocycles. The van der Waals surface area contributed by atoms with Crippen LogP contribution in [0, 0.1) is 11.3 Å². The molecule has 0 bridgehead atoms. The minimum Gasteiger partial charge on any atom is -0.355 e. The quantitative estimate of drug-likeness (QED) is 0.521. The van der Waals surface area contributed by atoms with Crippen LogP contribution in [-0.2, 0) is 4.79 Å². The number of nitrogens with two attached hydrogens (primary N) is 1. The smallest absolute Gasteiger partial charge is 0.225 e. The molecule has 0 radical (unpaired) electrons. The zero-order valence-corrected chi connectivity index (χ0v) is 12.3. The van der Waals surface area contributed by atoms with Gasteiger partial charge in [0.15, 0.2) is 0 Å². The summed E-state index contributed by atoms with van der Waals surface area (Å²) in [7, 11) is 3.52. The standard InChI is InChI=1S/C11H24N2OS2/c1-9(2)11(3,4)10(14)13-6-8-16-15-7-5-12/h9H,5-8,12H2,1-4H3,(H,13,14). The van der Waals surface area contributed by atoms with Crippen LogP contribution < -0.4 is 11.1 Å². The lowest BCUT2D eigenvalue weighted by atomic mass is 9.80. The van der Waals surface area contributed by atoms with Gasteiger partial charge in [0.1, 0.15) is 0 Å². The van der Waals surface area contributed by atoms with E-state index in [-0.39, 0.29) is 11.3 Å². The molecular formula is C11H24N2OS2. The van der Waals surface area contributed by atoms with E-state index in [9.17, 15) is 4.79 Å². The van der Waals surface area contributed by atoms with E-state index in [0.29, 0.717) is 12.5 Å². The Morgan fingerprint density at radius 1 is 1.31 bits per heavy atom. The second-order valence-corrected chi connectivity index (χ2v) is 7.27. The first-order valence-electron chi connectivity index (χ1n) is 5.65. The molecule has 16 heavy (non-hydrogen) atoms. The molecule has 0 unspecified atom stereocenters. The van der Waals surface area contributed by atoms with Crippen molar-refractivity contribution in [2.24, 2.45) is 17.1 Å². The molecular weight excluding hydrogens is 240 g/mol. The zero-order chi connectivity index (χ0) is 12.6. The topological polar surface area (TPSA) is 55.1 Å². The number of amides is 1. The lowest BCUT2D eigenvalue weighted by Gasteiger charge is -2.27. The largest absolute Gasteiger partial charge is 0.355 e. The first kappa shape index (κ1) is 16.1. The highest BCUT2D eigenvalue weighted by atomic mass is 33.1. The summed E-state index contributed by atoms with van der Waals surface area (Å²) < 4.78 is 0. The van der Waals surface area contributed by atoms with Crippen molar-refractivity contribution in [2.75, 3.05) is 24.6 Å². The van der Waals surface area contributed by atoms with E-state index in [1.807, 2.05) is 13.8 Å². The molecule has 0 aromatic heterocycles. The third-order valence-electron chi connectivity index (χ3n) is 2.78. The molecule has 0 aliphatic carbocycles. The molecule has 96 valence electrons. The Labute approximate surface area is 107 Å². The van der Waals surface area contributed by atoms with Crippen molar-refractivity contribution in [3.8, 4) is 0 Å². The monoisotopic (exact) mass is 264 g/mol. The van der Waals surface area contributed by atoms with Crippen LogP contribution in [0.3, 0.4) is 0 Å². The molecule has 0 aliphatic rings. The molecule has 5 heteroatoms. The van der Waals surface area contributed by atoms with Crippen molar-refractivity contribution in [1.82, 2.24) is 5.32 Å². The Bertz CT molecular complexity index is 208. The maximum atomic E-state index is 11.8. The van der Waals surface area contributed by atoms with Crippen molar-refractivity contribution < 1.29 is 4.79 Å². The molecule has 3 N–H and O–H groups in total. The van der Waals surface area contributed by atoms with E-state index in [1.165, 1.54) is 0 Å². The fraction of sp³-hybridized carbons (Fsp3) is 0.909. The summed E-state index contributed by atoms with van der Waals surface area (Å²) >= 11 is 0. The van der Waals surface area contributed by atoms with Gasteiger partial charge < -0.3 is 11.1 Å². The molecule has 0 atom stereocenters. The first-order valence-corrected chi connectivity index (χ1v) is 8.14. The lowest BCUT2D eigenvalue weighted by molar-refractivity contribution is -0.131. The Balaban J connectivity index is 3.66.